The lowest BCUT2D eigenvalue weighted by atomic mass is 9.77. The van der Waals surface area contributed by atoms with Crippen molar-refractivity contribution in [1.82, 2.24) is 4.98 Å². The standard InChI is InChI=1S/C33H41BF4N4O3/c1-18-14-21(30(43)41-29(39)23-10-11-27(33(36,37)38)40-28(23)20-8-9-20)12-13-42(18)26-17-22(16-25(35)24(26)15-19-6-7-19)34-44-31(2,3)32(4,5)45-34/h10-11,16-21H,6-9,12-15H2,1-5H3,(H2,39,41,43)/t18?,21-/m0/s1. The highest BCUT2D eigenvalue weighted by Crippen LogP contribution is 2.43. The van der Waals surface area contributed by atoms with Crippen LogP contribution in [0.1, 0.15) is 102 Å². The number of amidine groups is 1. The van der Waals surface area contributed by atoms with E-state index in [1.54, 1.807) is 0 Å². The van der Waals surface area contributed by atoms with Crippen molar-refractivity contribution in [3.8, 4) is 0 Å². The van der Waals surface area contributed by atoms with Crippen molar-refractivity contribution < 1.29 is 31.7 Å². The highest BCUT2D eigenvalue weighted by Gasteiger charge is 2.52. The van der Waals surface area contributed by atoms with E-state index in [-0.39, 0.29) is 34.9 Å². The number of hydrogen-bond donors (Lipinski definition) is 1. The highest BCUT2D eigenvalue weighted by atomic mass is 19.4. The van der Waals surface area contributed by atoms with Gasteiger partial charge in [0.2, 0.25) is 0 Å². The normalized spacial score (nSPS) is 25.1. The number of piperidine rings is 1. The number of aromatic nitrogens is 1. The van der Waals surface area contributed by atoms with E-state index in [0.717, 1.165) is 37.4 Å². The Bertz CT molecular complexity index is 1500. The zero-order chi connectivity index (χ0) is 32.5. The number of amides is 1. The van der Waals surface area contributed by atoms with Crippen LogP contribution in [-0.2, 0) is 26.7 Å². The number of carbonyl (C=O) groups is 1. The third-order valence-electron chi connectivity index (χ3n) is 10.1. The van der Waals surface area contributed by atoms with Gasteiger partial charge in [0, 0.05) is 41.2 Å². The van der Waals surface area contributed by atoms with Gasteiger partial charge in [0.25, 0.3) is 5.91 Å². The lowest BCUT2D eigenvalue weighted by Gasteiger charge is -2.39. The molecule has 2 aliphatic heterocycles. The molecule has 1 aromatic heterocycles. The fourth-order valence-electron chi connectivity index (χ4n) is 6.37. The van der Waals surface area contributed by atoms with Gasteiger partial charge in [0.1, 0.15) is 17.3 Å². The van der Waals surface area contributed by atoms with E-state index in [1.165, 1.54) is 12.1 Å². The van der Waals surface area contributed by atoms with E-state index in [0.29, 0.717) is 42.8 Å². The molecule has 1 amide bonds. The van der Waals surface area contributed by atoms with E-state index < -0.39 is 42.0 Å². The fraction of sp³-hybridized carbons (Fsp3) is 0.606. The second kappa shape index (κ2) is 11.4. The smallest absolute Gasteiger partial charge is 0.399 e. The molecule has 2 saturated heterocycles. The lowest BCUT2D eigenvalue weighted by molar-refractivity contribution is -0.141. The van der Waals surface area contributed by atoms with E-state index in [1.807, 2.05) is 40.7 Å². The zero-order valence-corrected chi connectivity index (χ0v) is 26.5. The van der Waals surface area contributed by atoms with Gasteiger partial charge in [0.15, 0.2) is 0 Å². The molecular weight excluding hydrogens is 587 g/mol. The molecule has 1 unspecified atom stereocenters. The summed E-state index contributed by atoms with van der Waals surface area (Å²) in [7, 11) is -0.704. The SMILES string of the molecule is CC1C[C@@H](C(=O)N=C(N)c2ccc(C(F)(F)F)nc2C2CC2)CCN1c1cc(B2OC(C)(C)C(C)(C)O2)cc(F)c1CC1CC1. The fourth-order valence-corrected chi connectivity index (χ4v) is 6.37. The number of nitrogens with two attached hydrogens (primary N) is 1. The summed E-state index contributed by atoms with van der Waals surface area (Å²) in [6, 6.07) is 5.56. The second-order valence-electron chi connectivity index (χ2n) is 14.2. The Balaban J connectivity index is 1.22. The molecule has 2 N–H and O–H groups in total. The van der Waals surface area contributed by atoms with Crippen molar-refractivity contribution in [3.05, 3.63) is 52.6 Å². The quantitative estimate of drug-likeness (QED) is 0.178. The molecule has 45 heavy (non-hydrogen) atoms. The van der Waals surface area contributed by atoms with Crippen LogP contribution in [0.5, 0.6) is 0 Å². The number of hydrogen-bond acceptors (Lipinski definition) is 5. The molecule has 242 valence electrons. The van der Waals surface area contributed by atoms with Crippen LogP contribution in [0.4, 0.5) is 23.2 Å². The first-order valence-corrected chi connectivity index (χ1v) is 15.9. The summed E-state index contributed by atoms with van der Waals surface area (Å²) in [6.07, 6.45) is 0.643. The van der Waals surface area contributed by atoms with E-state index in [2.05, 4.69) is 14.9 Å². The third kappa shape index (κ3) is 6.50. The first-order chi connectivity index (χ1) is 21.0. The molecule has 2 atom stereocenters. The number of nitrogens with zero attached hydrogens (tertiary/aromatic N) is 3. The van der Waals surface area contributed by atoms with Gasteiger partial charge in [-0.15, -0.1) is 0 Å². The van der Waals surface area contributed by atoms with Crippen LogP contribution in [0.15, 0.2) is 29.3 Å². The van der Waals surface area contributed by atoms with Crippen LogP contribution >= 0.6 is 0 Å². The van der Waals surface area contributed by atoms with Crippen LogP contribution in [0.2, 0.25) is 0 Å². The van der Waals surface area contributed by atoms with Crippen LogP contribution in [0.3, 0.4) is 0 Å². The summed E-state index contributed by atoms with van der Waals surface area (Å²) < 4.78 is 68.2. The molecule has 0 spiro atoms. The van der Waals surface area contributed by atoms with Crippen molar-refractivity contribution in [3.63, 3.8) is 0 Å². The predicted octanol–water partition coefficient (Wildman–Crippen LogP) is 5.91. The molecule has 2 aliphatic carbocycles. The highest BCUT2D eigenvalue weighted by molar-refractivity contribution is 6.62. The third-order valence-corrected chi connectivity index (χ3v) is 10.1. The number of alkyl halides is 3. The molecule has 0 radical (unpaired) electrons. The Labute approximate surface area is 262 Å². The van der Waals surface area contributed by atoms with Crippen molar-refractivity contribution >= 4 is 30.0 Å². The van der Waals surface area contributed by atoms with Crippen molar-refractivity contribution in [1.29, 1.82) is 0 Å². The van der Waals surface area contributed by atoms with Crippen molar-refractivity contribution in [2.45, 2.75) is 109 Å². The first kappa shape index (κ1) is 32.0. The van der Waals surface area contributed by atoms with Crippen LogP contribution in [0, 0.1) is 17.7 Å². The van der Waals surface area contributed by atoms with Gasteiger partial charge in [-0.3, -0.25) is 4.79 Å². The maximum atomic E-state index is 15.8. The van der Waals surface area contributed by atoms with Crippen LogP contribution in [0.25, 0.3) is 0 Å². The van der Waals surface area contributed by atoms with Crippen molar-refractivity contribution in [2.24, 2.45) is 22.6 Å². The molecule has 4 fully saturated rings. The molecular formula is C33H41BF4N4O3. The molecule has 2 saturated carbocycles. The van der Waals surface area contributed by atoms with Gasteiger partial charge in [0.05, 0.1) is 16.9 Å². The topological polar surface area (TPSA) is 90.0 Å². The molecule has 3 heterocycles. The Morgan fingerprint density at radius 1 is 1.09 bits per heavy atom. The number of halogens is 4. The molecule has 2 aromatic rings. The second-order valence-corrected chi connectivity index (χ2v) is 14.2. The first-order valence-electron chi connectivity index (χ1n) is 15.9. The van der Waals surface area contributed by atoms with E-state index >= 15 is 4.39 Å². The number of pyridine rings is 1. The maximum absolute atomic E-state index is 15.8. The molecule has 1 aromatic carbocycles. The Morgan fingerprint density at radius 3 is 2.33 bits per heavy atom. The minimum Gasteiger partial charge on any atom is -0.399 e. The minimum atomic E-state index is -4.57. The monoisotopic (exact) mass is 628 g/mol. The number of rotatable bonds is 7. The molecule has 6 rings (SSSR count). The lowest BCUT2D eigenvalue weighted by Crippen LogP contribution is -2.44. The van der Waals surface area contributed by atoms with Crippen LogP contribution < -0.4 is 16.1 Å². The Kier molecular flexibility index (Phi) is 8.08. The summed E-state index contributed by atoms with van der Waals surface area (Å²) >= 11 is 0. The average molecular weight is 629 g/mol. The molecule has 0 bridgehead atoms. The number of anilines is 1. The average Bonchev–Trinajstić information content (AvgIpc) is 3.88. The summed E-state index contributed by atoms with van der Waals surface area (Å²) in [6.45, 7) is 10.4. The summed E-state index contributed by atoms with van der Waals surface area (Å²) in [5.74, 6) is -0.869. The van der Waals surface area contributed by atoms with Crippen molar-refractivity contribution in [2.75, 3.05) is 11.4 Å². The largest absolute Gasteiger partial charge is 0.495 e. The van der Waals surface area contributed by atoms with Gasteiger partial charge < -0.3 is 19.9 Å². The van der Waals surface area contributed by atoms with Gasteiger partial charge in [-0.2, -0.15) is 18.2 Å². The molecule has 7 nitrogen and oxygen atoms in total. The molecule has 12 heteroatoms. The number of benzene rings is 1. The number of aliphatic imine (C=N–C) groups is 1. The zero-order valence-electron chi connectivity index (χ0n) is 26.5. The Morgan fingerprint density at radius 2 is 1.76 bits per heavy atom. The summed E-state index contributed by atoms with van der Waals surface area (Å²) in [5.41, 5.74) is 6.74. The van der Waals surface area contributed by atoms with Gasteiger partial charge in [-0.05, 0) is 115 Å². The molecule has 4 aliphatic rings. The summed E-state index contributed by atoms with van der Waals surface area (Å²) in [5, 5.41) is 0. The minimum absolute atomic E-state index is 0.107. The van der Waals surface area contributed by atoms with E-state index in [4.69, 9.17) is 15.0 Å². The number of carbonyl (C=O) groups excluding carboxylic acids is 1. The summed E-state index contributed by atoms with van der Waals surface area (Å²) in [4.78, 5) is 23.5. The van der Waals surface area contributed by atoms with Crippen LogP contribution in [-0.4, -0.2) is 47.6 Å². The van der Waals surface area contributed by atoms with Gasteiger partial charge in [-0.1, -0.05) is 0 Å². The van der Waals surface area contributed by atoms with Gasteiger partial charge >= 0.3 is 13.3 Å². The van der Waals surface area contributed by atoms with Gasteiger partial charge in [-0.25, -0.2) is 9.37 Å². The predicted molar refractivity (Wildman–Crippen MR) is 165 cm³/mol. The van der Waals surface area contributed by atoms with E-state index in [9.17, 15) is 18.0 Å². The Hall–Kier alpha value is -2.99. The maximum Gasteiger partial charge on any atom is 0.495 e.